The third-order valence-electron chi connectivity index (χ3n) is 6.44. The van der Waals surface area contributed by atoms with Gasteiger partial charge in [-0.05, 0) is 50.3 Å². The lowest BCUT2D eigenvalue weighted by Crippen LogP contribution is -2.29. The van der Waals surface area contributed by atoms with Crippen molar-refractivity contribution < 1.29 is 0 Å². The molecule has 176 valence electrons. The van der Waals surface area contributed by atoms with Crippen molar-refractivity contribution >= 4 is 12.4 Å². The Balaban J connectivity index is 0.00000841. The lowest BCUT2D eigenvalue weighted by Gasteiger charge is -2.23. The summed E-state index contributed by atoms with van der Waals surface area (Å²) in [6, 6.07) is 6.65. The highest BCUT2D eigenvalue weighted by Crippen LogP contribution is 2.25. The van der Waals surface area contributed by atoms with Crippen LogP contribution in [0.3, 0.4) is 0 Å². The van der Waals surface area contributed by atoms with Gasteiger partial charge in [0.2, 0.25) is 0 Å². The van der Waals surface area contributed by atoms with Crippen molar-refractivity contribution in [1.82, 2.24) is 0 Å². The third kappa shape index (κ3) is 13.7. The van der Waals surface area contributed by atoms with Gasteiger partial charge in [0.25, 0.3) is 0 Å². The molecule has 0 aliphatic carbocycles. The minimum atomic E-state index is -0.241. The SMILES string of the molecule is CCCCCCCCCCCCCCCCCCc1cccc(C(C)(C)N)c1C.Cl. The Morgan fingerprint density at radius 1 is 0.667 bits per heavy atom. The molecule has 2 heteroatoms. The Kier molecular flexibility index (Phi) is 17.8. The van der Waals surface area contributed by atoms with Gasteiger partial charge >= 0.3 is 0 Å². The first-order chi connectivity index (χ1) is 14.0. The van der Waals surface area contributed by atoms with Gasteiger partial charge in [-0.2, -0.15) is 0 Å². The van der Waals surface area contributed by atoms with Gasteiger partial charge in [-0.1, -0.05) is 121 Å². The number of halogens is 1. The molecule has 1 rings (SSSR count). The van der Waals surface area contributed by atoms with E-state index in [1.54, 1.807) is 0 Å². The summed E-state index contributed by atoms with van der Waals surface area (Å²) in [4.78, 5) is 0. The summed E-state index contributed by atoms with van der Waals surface area (Å²) >= 11 is 0. The van der Waals surface area contributed by atoms with E-state index in [2.05, 4.69) is 45.9 Å². The Bertz CT molecular complexity index is 518. The number of hydrogen-bond acceptors (Lipinski definition) is 1. The van der Waals surface area contributed by atoms with Gasteiger partial charge < -0.3 is 5.73 Å². The minimum absolute atomic E-state index is 0. The predicted molar refractivity (Wildman–Crippen MR) is 139 cm³/mol. The standard InChI is InChI=1S/C28H51N.ClH/c1-5-6-7-8-9-10-11-12-13-14-15-16-17-18-19-20-22-26-23-21-24-27(25(26)2)28(3,4)29;/h21,23-24H,5-20,22,29H2,1-4H3;1H. The zero-order valence-electron chi connectivity index (χ0n) is 20.7. The molecular weight excluding hydrogens is 386 g/mol. The molecule has 0 heterocycles. The highest BCUT2D eigenvalue weighted by molar-refractivity contribution is 5.85. The molecule has 0 amide bonds. The molecule has 0 atom stereocenters. The lowest BCUT2D eigenvalue weighted by atomic mass is 9.87. The van der Waals surface area contributed by atoms with Crippen LogP contribution in [-0.2, 0) is 12.0 Å². The third-order valence-corrected chi connectivity index (χ3v) is 6.44. The van der Waals surface area contributed by atoms with Gasteiger partial charge in [-0.3, -0.25) is 0 Å². The van der Waals surface area contributed by atoms with Gasteiger partial charge in [0.15, 0.2) is 0 Å². The zero-order chi connectivity index (χ0) is 21.4. The summed E-state index contributed by atoms with van der Waals surface area (Å²) < 4.78 is 0. The maximum absolute atomic E-state index is 6.32. The van der Waals surface area contributed by atoms with Crippen LogP contribution in [0.1, 0.15) is 140 Å². The van der Waals surface area contributed by atoms with Crippen molar-refractivity contribution in [2.75, 3.05) is 0 Å². The van der Waals surface area contributed by atoms with Crippen molar-refractivity contribution in [2.24, 2.45) is 5.73 Å². The number of nitrogens with two attached hydrogens (primary N) is 1. The Morgan fingerprint density at radius 3 is 1.47 bits per heavy atom. The first-order valence-corrected chi connectivity index (χ1v) is 12.8. The van der Waals surface area contributed by atoms with Crippen LogP contribution in [0, 0.1) is 6.92 Å². The summed E-state index contributed by atoms with van der Waals surface area (Å²) in [5.74, 6) is 0. The van der Waals surface area contributed by atoms with Gasteiger partial charge in [-0.25, -0.2) is 0 Å². The summed E-state index contributed by atoms with van der Waals surface area (Å²) in [7, 11) is 0. The molecule has 0 aliphatic rings. The van der Waals surface area contributed by atoms with E-state index in [0.29, 0.717) is 0 Å². The van der Waals surface area contributed by atoms with Crippen LogP contribution in [0.15, 0.2) is 18.2 Å². The number of aryl methyl sites for hydroxylation is 1. The van der Waals surface area contributed by atoms with E-state index in [4.69, 9.17) is 5.73 Å². The molecule has 2 N–H and O–H groups in total. The lowest BCUT2D eigenvalue weighted by molar-refractivity contribution is 0.529. The fourth-order valence-corrected chi connectivity index (χ4v) is 4.52. The topological polar surface area (TPSA) is 26.0 Å². The first kappa shape index (κ1) is 29.5. The molecule has 0 aliphatic heterocycles. The first-order valence-electron chi connectivity index (χ1n) is 12.8. The molecule has 1 aromatic rings. The van der Waals surface area contributed by atoms with Crippen LogP contribution in [0.25, 0.3) is 0 Å². The molecular formula is C28H52ClN. The van der Waals surface area contributed by atoms with E-state index in [0.717, 1.165) is 0 Å². The van der Waals surface area contributed by atoms with E-state index in [1.807, 2.05) is 0 Å². The maximum atomic E-state index is 6.32. The molecule has 30 heavy (non-hydrogen) atoms. The Morgan fingerprint density at radius 2 is 1.07 bits per heavy atom. The predicted octanol–water partition coefficient (Wildman–Crippen LogP) is 9.41. The van der Waals surface area contributed by atoms with Crippen LogP contribution in [0.4, 0.5) is 0 Å². The van der Waals surface area contributed by atoms with Crippen molar-refractivity contribution in [2.45, 2.75) is 142 Å². The molecule has 0 aromatic heterocycles. The zero-order valence-corrected chi connectivity index (χ0v) is 21.6. The fraction of sp³-hybridized carbons (Fsp3) is 0.786. The van der Waals surface area contributed by atoms with Crippen LogP contribution < -0.4 is 5.73 Å². The summed E-state index contributed by atoms with van der Waals surface area (Å²) in [6.45, 7) is 8.75. The molecule has 0 saturated carbocycles. The van der Waals surface area contributed by atoms with E-state index < -0.39 is 0 Å². The van der Waals surface area contributed by atoms with Gasteiger partial charge in [0.05, 0.1) is 0 Å². The van der Waals surface area contributed by atoms with Gasteiger partial charge in [-0.15, -0.1) is 12.4 Å². The minimum Gasteiger partial charge on any atom is -0.322 e. The van der Waals surface area contributed by atoms with Crippen molar-refractivity contribution in [1.29, 1.82) is 0 Å². The number of benzene rings is 1. The second kappa shape index (κ2) is 18.1. The smallest absolute Gasteiger partial charge is 0.0355 e. The highest BCUT2D eigenvalue weighted by atomic mass is 35.5. The summed E-state index contributed by atoms with van der Waals surface area (Å²) in [5, 5.41) is 0. The number of hydrogen-bond donors (Lipinski definition) is 1. The number of unbranched alkanes of at least 4 members (excludes halogenated alkanes) is 15. The van der Waals surface area contributed by atoms with E-state index in [1.165, 1.54) is 126 Å². The van der Waals surface area contributed by atoms with Gasteiger partial charge in [0, 0.05) is 5.54 Å². The fourth-order valence-electron chi connectivity index (χ4n) is 4.52. The van der Waals surface area contributed by atoms with Crippen molar-refractivity contribution in [3.05, 3.63) is 34.9 Å². The molecule has 1 nitrogen and oxygen atoms in total. The van der Waals surface area contributed by atoms with E-state index >= 15 is 0 Å². The van der Waals surface area contributed by atoms with E-state index in [-0.39, 0.29) is 17.9 Å². The van der Waals surface area contributed by atoms with Crippen LogP contribution >= 0.6 is 12.4 Å². The molecule has 0 bridgehead atoms. The van der Waals surface area contributed by atoms with Crippen molar-refractivity contribution in [3.63, 3.8) is 0 Å². The highest BCUT2D eigenvalue weighted by Gasteiger charge is 2.17. The van der Waals surface area contributed by atoms with E-state index in [9.17, 15) is 0 Å². The Hall–Kier alpha value is -0.530. The van der Waals surface area contributed by atoms with Gasteiger partial charge in [0.1, 0.15) is 0 Å². The van der Waals surface area contributed by atoms with Crippen LogP contribution in [0.5, 0.6) is 0 Å². The molecule has 0 radical (unpaired) electrons. The molecule has 0 unspecified atom stereocenters. The largest absolute Gasteiger partial charge is 0.322 e. The summed E-state index contributed by atoms with van der Waals surface area (Å²) in [6.07, 6.45) is 24.1. The number of rotatable bonds is 18. The molecule has 0 spiro atoms. The second-order valence-electron chi connectivity index (χ2n) is 9.86. The summed E-state index contributed by atoms with van der Waals surface area (Å²) in [5.41, 5.74) is 10.3. The molecule has 1 aromatic carbocycles. The monoisotopic (exact) mass is 437 g/mol. The van der Waals surface area contributed by atoms with Crippen molar-refractivity contribution in [3.8, 4) is 0 Å². The molecule has 0 fully saturated rings. The Labute approximate surface area is 195 Å². The van der Waals surface area contributed by atoms with Crippen LogP contribution in [-0.4, -0.2) is 0 Å². The average Bonchev–Trinajstić information content (AvgIpc) is 2.68. The normalized spacial score (nSPS) is 11.5. The molecule has 0 saturated heterocycles. The quantitative estimate of drug-likeness (QED) is 0.227. The van der Waals surface area contributed by atoms with Crippen LogP contribution in [0.2, 0.25) is 0 Å². The maximum Gasteiger partial charge on any atom is 0.0355 e. The average molecular weight is 438 g/mol. The second-order valence-corrected chi connectivity index (χ2v) is 9.86.